The minimum absolute atomic E-state index is 0.0335. The second kappa shape index (κ2) is 3.97. The van der Waals surface area contributed by atoms with Gasteiger partial charge < -0.3 is 9.88 Å². The van der Waals surface area contributed by atoms with Gasteiger partial charge in [-0.3, -0.25) is 0 Å². The van der Waals surface area contributed by atoms with Crippen molar-refractivity contribution in [1.82, 2.24) is 14.9 Å². The molecule has 1 N–H and O–H groups in total. The smallest absolute Gasteiger partial charge is 0.105 e. The molecule has 3 nitrogen and oxygen atoms in total. The fourth-order valence-corrected chi connectivity index (χ4v) is 2.44. The topological polar surface area (TPSA) is 29.9 Å². The Morgan fingerprint density at radius 3 is 2.13 bits per heavy atom. The largest absolute Gasteiger partial charge is 0.333 e. The molecule has 3 heteroatoms. The SMILES string of the molecule is Cc1nc(C)n(C)c1C(C)(C)NC(C)C. The third-order valence-electron chi connectivity index (χ3n) is 2.73. The number of nitrogens with one attached hydrogen (secondary N) is 1. The van der Waals surface area contributed by atoms with Crippen LogP contribution in [0.2, 0.25) is 0 Å². The van der Waals surface area contributed by atoms with Crippen LogP contribution in [0.3, 0.4) is 0 Å². The predicted octanol–water partition coefficient (Wildman–Crippen LogP) is 2.27. The van der Waals surface area contributed by atoms with Gasteiger partial charge in [-0.15, -0.1) is 0 Å². The highest BCUT2D eigenvalue weighted by atomic mass is 15.1. The van der Waals surface area contributed by atoms with Gasteiger partial charge in [0.05, 0.1) is 16.9 Å². The Morgan fingerprint density at radius 1 is 1.27 bits per heavy atom. The summed E-state index contributed by atoms with van der Waals surface area (Å²) in [4.78, 5) is 4.51. The van der Waals surface area contributed by atoms with E-state index >= 15 is 0 Å². The van der Waals surface area contributed by atoms with Crippen molar-refractivity contribution in [1.29, 1.82) is 0 Å². The van der Waals surface area contributed by atoms with Crippen LogP contribution in [0.5, 0.6) is 0 Å². The molecule has 1 heterocycles. The monoisotopic (exact) mass is 209 g/mol. The molecule has 0 unspecified atom stereocenters. The second-order valence-corrected chi connectivity index (χ2v) is 5.08. The van der Waals surface area contributed by atoms with E-state index in [2.05, 4.69) is 56.5 Å². The Morgan fingerprint density at radius 2 is 1.80 bits per heavy atom. The maximum Gasteiger partial charge on any atom is 0.105 e. The Bertz CT molecular complexity index is 348. The van der Waals surface area contributed by atoms with Gasteiger partial charge in [0.25, 0.3) is 0 Å². The summed E-state index contributed by atoms with van der Waals surface area (Å²) in [6, 6.07) is 0.467. The molecule has 0 fully saturated rings. The van der Waals surface area contributed by atoms with Gasteiger partial charge in [0.15, 0.2) is 0 Å². The van der Waals surface area contributed by atoms with Gasteiger partial charge in [-0.05, 0) is 27.7 Å². The molecule has 0 atom stereocenters. The molecule has 1 aromatic rings. The van der Waals surface area contributed by atoms with Crippen LogP contribution in [0, 0.1) is 13.8 Å². The fourth-order valence-electron chi connectivity index (χ4n) is 2.44. The maximum atomic E-state index is 4.51. The molecule has 15 heavy (non-hydrogen) atoms. The van der Waals surface area contributed by atoms with Crippen LogP contribution in [0.15, 0.2) is 0 Å². The number of imidazole rings is 1. The summed E-state index contributed by atoms with van der Waals surface area (Å²) < 4.78 is 2.17. The number of hydrogen-bond acceptors (Lipinski definition) is 2. The van der Waals surface area contributed by atoms with Crippen LogP contribution in [-0.2, 0) is 12.6 Å². The summed E-state index contributed by atoms with van der Waals surface area (Å²) in [6.45, 7) is 12.9. The van der Waals surface area contributed by atoms with E-state index in [1.54, 1.807) is 0 Å². The molecule has 0 radical (unpaired) electrons. The van der Waals surface area contributed by atoms with E-state index in [0.717, 1.165) is 11.5 Å². The molecule has 0 saturated heterocycles. The molecule has 0 spiro atoms. The van der Waals surface area contributed by atoms with Crippen LogP contribution >= 0.6 is 0 Å². The molecule has 86 valence electrons. The quantitative estimate of drug-likeness (QED) is 0.827. The molecule has 0 bridgehead atoms. The summed E-state index contributed by atoms with van der Waals surface area (Å²) in [6.07, 6.45) is 0. The average molecular weight is 209 g/mol. The van der Waals surface area contributed by atoms with E-state index in [1.165, 1.54) is 5.69 Å². The average Bonchev–Trinajstić information content (AvgIpc) is 2.23. The van der Waals surface area contributed by atoms with Crippen molar-refractivity contribution in [2.45, 2.75) is 53.1 Å². The highest BCUT2D eigenvalue weighted by Gasteiger charge is 2.27. The molecular weight excluding hydrogens is 186 g/mol. The minimum Gasteiger partial charge on any atom is -0.333 e. The Kier molecular flexibility index (Phi) is 3.24. The zero-order valence-corrected chi connectivity index (χ0v) is 11.0. The van der Waals surface area contributed by atoms with E-state index in [-0.39, 0.29) is 5.54 Å². The molecule has 0 aliphatic carbocycles. The standard InChI is InChI=1S/C12H23N3/c1-8(2)14-12(5,6)11-9(3)13-10(4)15(11)7/h8,14H,1-7H3. The first-order valence-electron chi connectivity index (χ1n) is 5.54. The summed E-state index contributed by atoms with van der Waals surface area (Å²) in [5.41, 5.74) is 2.36. The maximum absolute atomic E-state index is 4.51. The van der Waals surface area contributed by atoms with Gasteiger partial charge in [0.2, 0.25) is 0 Å². The fraction of sp³-hybridized carbons (Fsp3) is 0.750. The van der Waals surface area contributed by atoms with Crippen LogP contribution in [0.4, 0.5) is 0 Å². The molecule has 0 aliphatic rings. The van der Waals surface area contributed by atoms with Crippen LogP contribution in [0.1, 0.15) is 44.9 Å². The molecular formula is C12H23N3. The lowest BCUT2D eigenvalue weighted by Gasteiger charge is -2.30. The summed E-state index contributed by atoms with van der Waals surface area (Å²) >= 11 is 0. The van der Waals surface area contributed by atoms with Gasteiger partial charge in [-0.25, -0.2) is 4.98 Å². The van der Waals surface area contributed by atoms with Gasteiger partial charge in [-0.1, -0.05) is 13.8 Å². The highest BCUT2D eigenvalue weighted by molar-refractivity contribution is 5.23. The van der Waals surface area contributed by atoms with Gasteiger partial charge in [0.1, 0.15) is 5.82 Å². The Hall–Kier alpha value is -0.830. The normalized spacial score (nSPS) is 12.5. The number of hydrogen-bond donors (Lipinski definition) is 1. The van der Waals surface area contributed by atoms with Crippen molar-refractivity contribution < 1.29 is 0 Å². The summed E-state index contributed by atoms with van der Waals surface area (Å²) in [5.74, 6) is 1.07. The van der Waals surface area contributed by atoms with Crippen molar-refractivity contribution in [2.24, 2.45) is 7.05 Å². The zero-order valence-electron chi connectivity index (χ0n) is 11.0. The lowest BCUT2D eigenvalue weighted by atomic mass is 9.97. The Labute approximate surface area is 92.9 Å². The number of aromatic nitrogens is 2. The van der Waals surface area contributed by atoms with Crippen molar-refractivity contribution in [2.75, 3.05) is 0 Å². The van der Waals surface area contributed by atoms with Crippen LogP contribution in [-0.4, -0.2) is 15.6 Å². The highest BCUT2D eigenvalue weighted by Crippen LogP contribution is 2.24. The summed E-state index contributed by atoms with van der Waals surface area (Å²) in [7, 11) is 2.08. The van der Waals surface area contributed by atoms with Crippen LogP contribution in [0.25, 0.3) is 0 Å². The zero-order chi connectivity index (χ0) is 11.8. The molecule has 1 rings (SSSR count). The van der Waals surface area contributed by atoms with Crippen molar-refractivity contribution in [3.8, 4) is 0 Å². The number of nitrogens with zero attached hydrogens (tertiary/aromatic N) is 2. The number of aryl methyl sites for hydroxylation is 2. The third-order valence-corrected chi connectivity index (χ3v) is 2.73. The van der Waals surface area contributed by atoms with Crippen molar-refractivity contribution in [3.63, 3.8) is 0 Å². The first-order valence-corrected chi connectivity index (χ1v) is 5.54. The molecule has 0 aliphatic heterocycles. The lowest BCUT2D eigenvalue weighted by molar-refractivity contribution is 0.346. The van der Waals surface area contributed by atoms with E-state index in [1.807, 2.05) is 6.92 Å². The Balaban J connectivity index is 3.14. The first kappa shape index (κ1) is 12.2. The van der Waals surface area contributed by atoms with E-state index in [4.69, 9.17) is 0 Å². The molecule has 1 aromatic heterocycles. The van der Waals surface area contributed by atoms with E-state index < -0.39 is 0 Å². The summed E-state index contributed by atoms with van der Waals surface area (Å²) in [5, 5.41) is 3.57. The van der Waals surface area contributed by atoms with Gasteiger partial charge in [-0.2, -0.15) is 0 Å². The molecule has 0 aromatic carbocycles. The van der Waals surface area contributed by atoms with E-state index in [0.29, 0.717) is 6.04 Å². The molecule has 0 amide bonds. The number of rotatable bonds is 3. The first-order chi connectivity index (χ1) is 6.75. The predicted molar refractivity (Wildman–Crippen MR) is 64.0 cm³/mol. The van der Waals surface area contributed by atoms with Crippen molar-refractivity contribution >= 4 is 0 Å². The second-order valence-electron chi connectivity index (χ2n) is 5.08. The lowest BCUT2D eigenvalue weighted by Crippen LogP contribution is -2.42. The van der Waals surface area contributed by atoms with Gasteiger partial charge in [0, 0.05) is 13.1 Å². The molecule has 0 saturated carbocycles. The minimum atomic E-state index is -0.0335. The van der Waals surface area contributed by atoms with E-state index in [9.17, 15) is 0 Å². The van der Waals surface area contributed by atoms with Gasteiger partial charge >= 0.3 is 0 Å². The van der Waals surface area contributed by atoms with Crippen LogP contribution < -0.4 is 5.32 Å². The van der Waals surface area contributed by atoms with Crippen molar-refractivity contribution in [3.05, 3.63) is 17.2 Å². The third kappa shape index (κ3) is 2.40.